The fourth-order valence-electron chi connectivity index (χ4n) is 0.848. The molecular weight excluding hydrogens is 158 g/mol. The molecule has 0 unspecified atom stereocenters. The van der Waals surface area contributed by atoms with Crippen molar-refractivity contribution >= 4 is 5.97 Å². The van der Waals surface area contributed by atoms with Crippen molar-refractivity contribution in [1.29, 1.82) is 0 Å². The highest BCUT2D eigenvalue weighted by Gasteiger charge is 2.24. The van der Waals surface area contributed by atoms with Crippen molar-refractivity contribution in [2.24, 2.45) is 11.7 Å². The smallest absolute Gasteiger partial charge is 0.323 e. The summed E-state index contributed by atoms with van der Waals surface area (Å²) in [4.78, 5) is 11.0. The third-order valence-electron chi connectivity index (χ3n) is 1.90. The van der Waals surface area contributed by atoms with E-state index in [9.17, 15) is 4.79 Å². The number of rotatable bonds is 5. The Morgan fingerprint density at radius 3 is 2.83 bits per heavy atom. The molecule has 4 heteroatoms. The number of aliphatic hydroxyl groups excluding tert-OH is 1. The van der Waals surface area contributed by atoms with E-state index in [1.54, 1.807) is 0 Å². The summed E-state index contributed by atoms with van der Waals surface area (Å²) >= 11 is 0. The van der Waals surface area contributed by atoms with E-state index in [1.165, 1.54) is 0 Å². The molecule has 0 saturated heterocycles. The topological polar surface area (TPSA) is 72.5 Å². The molecule has 0 aromatic rings. The largest absolute Gasteiger partial charge is 0.464 e. The minimum absolute atomic E-state index is 0.0697. The Morgan fingerprint density at radius 1 is 1.67 bits per heavy atom. The summed E-state index contributed by atoms with van der Waals surface area (Å²) in [5.41, 5.74) is 5.40. The Hall–Kier alpha value is -0.610. The quantitative estimate of drug-likeness (QED) is 0.557. The normalized spacial score (nSPS) is 18.8. The first-order chi connectivity index (χ1) is 5.74. The highest BCUT2D eigenvalue weighted by Crippen LogP contribution is 2.28. The molecule has 1 atom stereocenters. The third-order valence-corrected chi connectivity index (χ3v) is 1.90. The minimum atomic E-state index is -0.659. The van der Waals surface area contributed by atoms with Crippen molar-refractivity contribution in [2.45, 2.75) is 25.3 Å². The van der Waals surface area contributed by atoms with E-state index in [1.807, 2.05) is 0 Å². The van der Waals surface area contributed by atoms with Crippen LogP contribution in [0, 0.1) is 5.92 Å². The Balaban J connectivity index is 2.07. The molecule has 4 nitrogen and oxygen atoms in total. The molecule has 1 saturated carbocycles. The van der Waals surface area contributed by atoms with E-state index in [-0.39, 0.29) is 13.0 Å². The second-order valence-electron chi connectivity index (χ2n) is 3.19. The fourth-order valence-corrected chi connectivity index (χ4v) is 0.848. The van der Waals surface area contributed by atoms with E-state index in [0.717, 1.165) is 12.8 Å². The Bertz CT molecular complexity index is 156. The number of carbonyl (C=O) groups is 1. The molecule has 0 aromatic carbocycles. The highest BCUT2D eigenvalue weighted by atomic mass is 16.5. The van der Waals surface area contributed by atoms with Gasteiger partial charge in [0.15, 0.2) is 0 Å². The number of carbonyl (C=O) groups excluding carboxylic acids is 1. The van der Waals surface area contributed by atoms with Crippen LogP contribution in [0.3, 0.4) is 0 Å². The molecule has 1 rings (SSSR count). The number of nitrogens with two attached hydrogens (primary N) is 1. The van der Waals surface area contributed by atoms with Crippen LogP contribution in [0.25, 0.3) is 0 Å². The van der Waals surface area contributed by atoms with Crippen LogP contribution >= 0.6 is 0 Å². The van der Waals surface area contributed by atoms with E-state index in [2.05, 4.69) is 0 Å². The number of hydrogen-bond donors (Lipinski definition) is 2. The molecule has 70 valence electrons. The van der Waals surface area contributed by atoms with Gasteiger partial charge in [-0.1, -0.05) is 0 Å². The van der Waals surface area contributed by atoms with Crippen molar-refractivity contribution in [1.82, 2.24) is 0 Å². The van der Waals surface area contributed by atoms with Gasteiger partial charge >= 0.3 is 5.97 Å². The second-order valence-corrected chi connectivity index (χ2v) is 3.19. The van der Waals surface area contributed by atoms with Gasteiger partial charge in [-0.05, 0) is 25.2 Å². The molecule has 0 bridgehead atoms. The van der Waals surface area contributed by atoms with Gasteiger partial charge in [0.25, 0.3) is 0 Å². The Labute approximate surface area is 71.7 Å². The zero-order valence-electron chi connectivity index (χ0n) is 7.03. The van der Waals surface area contributed by atoms with Crippen LogP contribution in [0.1, 0.15) is 19.3 Å². The average molecular weight is 173 g/mol. The van der Waals surface area contributed by atoms with Crippen LogP contribution in [0.5, 0.6) is 0 Å². The SMILES string of the molecule is N[C@@H](CCO)C(=O)OCC1CC1. The molecule has 1 aliphatic carbocycles. The Kier molecular flexibility index (Phi) is 3.49. The molecule has 0 aromatic heterocycles. The molecule has 3 N–H and O–H groups in total. The van der Waals surface area contributed by atoms with Gasteiger partial charge in [-0.2, -0.15) is 0 Å². The van der Waals surface area contributed by atoms with Crippen LogP contribution in [0.2, 0.25) is 0 Å². The lowest BCUT2D eigenvalue weighted by Crippen LogP contribution is -2.33. The van der Waals surface area contributed by atoms with Crippen molar-refractivity contribution in [3.63, 3.8) is 0 Å². The summed E-state index contributed by atoms with van der Waals surface area (Å²) in [5, 5.41) is 8.49. The highest BCUT2D eigenvalue weighted by molar-refractivity contribution is 5.75. The van der Waals surface area contributed by atoms with Crippen LogP contribution in [0.15, 0.2) is 0 Å². The van der Waals surface area contributed by atoms with Gasteiger partial charge in [-0.15, -0.1) is 0 Å². The summed E-state index contributed by atoms with van der Waals surface area (Å²) < 4.78 is 4.91. The molecule has 1 aliphatic rings. The molecule has 0 radical (unpaired) electrons. The lowest BCUT2D eigenvalue weighted by Gasteiger charge is -2.09. The number of ether oxygens (including phenoxy) is 1. The first kappa shape index (κ1) is 9.48. The van der Waals surface area contributed by atoms with E-state index < -0.39 is 12.0 Å². The van der Waals surface area contributed by atoms with Gasteiger partial charge in [0.1, 0.15) is 6.04 Å². The van der Waals surface area contributed by atoms with Crippen molar-refractivity contribution in [3.8, 4) is 0 Å². The maximum Gasteiger partial charge on any atom is 0.323 e. The number of esters is 1. The first-order valence-electron chi connectivity index (χ1n) is 4.27. The molecule has 0 amide bonds. The monoisotopic (exact) mass is 173 g/mol. The van der Waals surface area contributed by atoms with Crippen LogP contribution in [-0.4, -0.2) is 30.3 Å². The zero-order valence-corrected chi connectivity index (χ0v) is 7.03. The number of hydrogen-bond acceptors (Lipinski definition) is 4. The van der Waals surface area contributed by atoms with Crippen LogP contribution < -0.4 is 5.73 Å². The van der Waals surface area contributed by atoms with E-state index >= 15 is 0 Å². The average Bonchev–Trinajstić information content (AvgIpc) is 2.83. The van der Waals surface area contributed by atoms with Crippen molar-refractivity contribution < 1.29 is 14.6 Å². The van der Waals surface area contributed by atoms with Gasteiger partial charge in [0, 0.05) is 6.61 Å². The van der Waals surface area contributed by atoms with Gasteiger partial charge in [0.2, 0.25) is 0 Å². The predicted molar refractivity (Wildman–Crippen MR) is 43.4 cm³/mol. The van der Waals surface area contributed by atoms with Gasteiger partial charge in [-0.25, -0.2) is 0 Å². The summed E-state index contributed by atoms with van der Waals surface area (Å²) in [6, 6.07) is -0.659. The summed E-state index contributed by atoms with van der Waals surface area (Å²) in [7, 11) is 0. The first-order valence-corrected chi connectivity index (χ1v) is 4.27. The fraction of sp³-hybridized carbons (Fsp3) is 0.875. The van der Waals surface area contributed by atoms with Crippen molar-refractivity contribution in [2.75, 3.05) is 13.2 Å². The number of aliphatic hydroxyl groups is 1. The van der Waals surface area contributed by atoms with Gasteiger partial charge in [0.05, 0.1) is 6.61 Å². The molecule has 0 spiro atoms. The molecule has 12 heavy (non-hydrogen) atoms. The summed E-state index contributed by atoms with van der Waals surface area (Å²) in [6.45, 7) is 0.428. The third kappa shape index (κ3) is 3.19. The molecule has 0 aliphatic heterocycles. The van der Waals surface area contributed by atoms with E-state index in [0.29, 0.717) is 12.5 Å². The molecule has 1 fully saturated rings. The van der Waals surface area contributed by atoms with Crippen molar-refractivity contribution in [3.05, 3.63) is 0 Å². The molecular formula is C8H15NO3. The van der Waals surface area contributed by atoms with E-state index in [4.69, 9.17) is 15.6 Å². The lowest BCUT2D eigenvalue weighted by atomic mass is 10.2. The second kappa shape index (κ2) is 4.42. The standard InChI is InChI=1S/C8H15NO3/c9-7(3-4-10)8(11)12-5-6-1-2-6/h6-7,10H,1-5,9H2/t7-/m0/s1. The zero-order chi connectivity index (χ0) is 8.97. The van der Waals surface area contributed by atoms with Crippen LogP contribution in [-0.2, 0) is 9.53 Å². The predicted octanol–water partition coefficient (Wildman–Crippen LogP) is -0.351. The minimum Gasteiger partial charge on any atom is -0.464 e. The maximum absolute atomic E-state index is 11.0. The lowest BCUT2D eigenvalue weighted by molar-refractivity contribution is -0.146. The summed E-state index contributed by atoms with van der Waals surface area (Å²) in [6.07, 6.45) is 2.59. The Morgan fingerprint density at radius 2 is 2.33 bits per heavy atom. The maximum atomic E-state index is 11.0. The van der Waals surface area contributed by atoms with Crippen LogP contribution in [0.4, 0.5) is 0 Å². The van der Waals surface area contributed by atoms with Gasteiger partial charge in [-0.3, -0.25) is 4.79 Å². The van der Waals surface area contributed by atoms with Gasteiger partial charge < -0.3 is 15.6 Å². The summed E-state index contributed by atoms with van der Waals surface area (Å²) in [5.74, 6) is 0.172. The molecule has 0 heterocycles.